The summed E-state index contributed by atoms with van der Waals surface area (Å²) < 4.78 is 18.4. The van der Waals surface area contributed by atoms with Crippen molar-refractivity contribution in [3.05, 3.63) is 95.3 Å². The highest BCUT2D eigenvalue weighted by atomic mass is 16.7. The van der Waals surface area contributed by atoms with Gasteiger partial charge in [-0.2, -0.15) is 0 Å². The molecule has 0 saturated carbocycles. The largest absolute Gasteiger partial charge is 0.392 e. The van der Waals surface area contributed by atoms with E-state index in [0.717, 1.165) is 49.2 Å². The molecule has 2 N–H and O–H groups in total. The molecule has 1 amide bonds. The molecule has 0 bridgehead atoms. The molecule has 0 radical (unpaired) electrons. The second-order valence-corrected chi connectivity index (χ2v) is 9.91. The molecule has 2 saturated heterocycles. The topological polar surface area (TPSA) is 93.2 Å². The average molecular weight is 518 g/mol. The summed E-state index contributed by atoms with van der Waals surface area (Å²) >= 11 is 0. The minimum Gasteiger partial charge on any atom is -0.392 e. The van der Waals surface area contributed by atoms with Crippen LogP contribution in [-0.2, 0) is 20.8 Å². The maximum atomic E-state index is 12.5. The van der Waals surface area contributed by atoms with Crippen LogP contribution in [0.15, 0.2) is 73.1 Å². The number of pyridine rings is 1. The number of aliphatic hydroxyl groups excluding tert-OH is 1. The van der Waals surface area contributed by atoms with Crippen LogP contribution in [0.3, 0.4) is 0 Å². The second-order valence-electron chi connectivity index (χ2n) is 9.91. The first-order valence-corrected chi connectivity index (χ1v) is 13.2. The van der Waals surface area contributed by atoms with Crippen molar-refractivity contribution in [3.8, 4) is 0 Å². The minimum absolute atomic E-state index is 0.0136. The van der Waals surface area contributed by atoms with Crippen LogP contribution in [0.2, 0.25) is 0 Å². The van der Waals surface area contributed by atoms with Crippen LogP contribution in [0.4, 0.5) is 5.69 Å². The molecule has 8 heteroatoms. The summed E-state index contributed by atoms with van der Waals surface area (Å²) in [6.07, 6.45) is 5.53. The van der Waals surface area contributed by atoms with E-state index in [2.05, 4.69) is 15.2 Å². The van der Waals surface area contributed by atoms with Gasteiger partial charge in [-0.15, -0.1) is 0 Å². The molecule has 200 valence electrons. The number of hydrogen-bond donors (Lipinski definition) is 2. The van der Waals surface area contributed by atoms with Gasteiger partial charge < -0.3 is 24.6 Å². The number of amides is 1. The van der Waals surface area contributed by atoms with Gasteiger partial charge in [0.05, 0.1) is 31.0 Å². The van der Waals surface area contributed by atoms with Crippen LogP contribution in [0.5, 0.6) is 0 Å². The summed E-state index contributed by atoms with van der Waals surface area (Å²) in [5.74, 6) is -0.210. The van der Waals surface area contributed by atoms with E-state index in [-0.39, 0.29) is 24.7 Å². The zero-order chi connectivity index (χ0) is 26.3. The number of aromatic nitrogens is 1. The number of carbonyl (C=O) groups is 1. The van der Waals surface area contributed by atoms with E-state index in [0.29, 0.717) is 17.3 Å². The van der Waals surface area contributed by atoms with Crippen LogP contribution in [0, 0.1) is 0 Å². The van der Waals surface area contributed by atoms with Crippen molar-refractivity contribution >= 4 is 11.6 Å². The normalized spacial score (nSPS) is 23.8. The molecule has 0 unspecified atom stereocenters. The average Bonchev–Trinajstić information content (AvgIpc) is 3.40. The molecule has 2 aromatic carbocycles. The van der Waals surface area contributed by atoms with E-state index < -0.39 is 6.29 Å². The van der Waals surface area contributed by atoms with Gasteiger partial charge in [0.25, 0.3) is 5.91 Å². The van der Waals surface area contributed by atoms with Gasteiger partial charge in [0, 0.05) is 49.8 Å². The smallest absolute Gasteiger partial charge is 0.257 e. The summed E-state index contributed by atoms with van der Waals surface area (Å²) in [5.41, 5.74) is 4.02. The van der Waals surface area contributed by atoms with Gasteiger partial charge in [0.2, 0.25) is 0 Å². The predicted octanol–water partition coefficient (Wildman–Crippen LogP) is 4.48. The zero-order valence-corrected chi connectivity index (χ0v) is 21.7. The van der Waals surface area contributed by atoms with Gasteiger partial charge in [-0.05, 0) is 54.8 Å². The molecule has 2 fully saturated rings. The Bertz CT molecular complexity index is 1170. The number of carbonyl (C=O) groups excluding carboxylic acids is 1. The van der Waals surface area contributed by atoms with Gasteiger partial charge in [-0.3, -0.25) is 14.7 Å². The highest BCUT2D eigenvalue weighted by Crippen LogP contribution is 2.39. The zero-order valence-electron chi connectivity index (χ0n) is 21.7. The number of likely N-dealkylation sites (tertiary alicyclic amines) is 1. The van der Waals surface area contributed by atoms with Crippen LogP contribution in [0.1, 0.15) is 58.7 Å². The number of nitrogens with one attached hydrogen (secondary N) is 1. The van der Waals surface area contributed by atoms with Crippen LogP contribution < -0.4 is 5.32 Å². The van der Waals surface area contributed by atoms with Gasteiger partial charge in [0.15, 0.2) is 6.29 Å². The lowest BCUT2D eigenvalue weighted by molar-refractivity contribution is -0.253. The lowest BCUT2D eigenvalue weighted by Crippen LogP contribution is -2.42. The Kier molecular flexibility index (Phi) is 8.78. The third kappa shape index (κ3) is 6.46. The second kappa shape index (κ2) is 12.6. The minimum atomic E-state index is -0.539. The fraction of sp³-hybridized carbons (Fsp3) is 0.400. The number of hydrogen-bond acceptors (Lipinski definition) is 7. The number of rotatable bonds is 9. The molecule has 38 heavy (non-hydrogen) atoms. The number of ether oxygens (including phenoxy) is 3. The summed E-state index contributed by atoms with van der Waals surface area (Å²) in [4.78, 5) is 19.0. The molecule has 5 rings (SSSR count). The number of benzene rings is 2. The van der Waals surface area contributed by atoms with E-state index in [9.17, 15) is 9.90 Å². The predicted molar refractivity (Wildman–Crippen MR) is 144 cm³/mol. The third-order valence-corrected chi connectivity index (χ3v) is 7.28. The maximum Gasteiger partial charge on any atom is 0.257 e. The van der Waals surface area contributed by atoms with Crippen molar-refractivity contribution in [2.45, 2.75) is 50.4 Å². The molecule has 0 aliphatic carbocycles. The Labute approximate surface area is 223 Å². The van der Waals surface area contributed by atoms with Crippen molar-refractivity contribution in [1.82, 2.24) is 9.88 Å². The molecule has 8 nitrogen and oxygen atoms in total. The Morgan fingerprint density at radius 3 is 2.61 bits per heavy atom. The molecule has 2 aliphatic rings. The van der Waals surface area contributed by atoms with Crippen LogP contribution in [0.25, 0.3) is 0 Å². The van der Waals surface area contributed by atoms with Crippen molar-refractivity contribution in [2.24, 2.45) is 0 Å². The Hall–Kier alpha value is -3.14. The van der Waals surface area contributed by atoms with Crippen molar-refractivity contribution in [2.75, 3.05) is 32.1 Å². The molecule has 0 spiro atoms. The first-order chi connectivity index (χ1) is 18.6. The summed E-state index contributed by atoms with van der Waals surface area (Å²) in [7, 11) is 1.76. The van der Waals surface area contributed by atoms with E-state index in [1.807, 2.05) is 48.5 Å². The van der Waals surface area contributed by atoms with Crippen LogP contribution >= 0.6 is 0 Å². The maximum absolute atomic E-state index is 12.5. The molecule has 2 aliphatic heterocycles. The fourth-order valence-corrected chi connectivity index (χ4v) is 5.24. The first kappa shape index (κ1) is 26.5. The molecule has 1 aromatic heterocycles. The quantitative estimate of drug-likeness (QED) is 0.432. The van der Waals surface area contributed by atoms with Crippen molar-refractivity contribution in [1.29, 1.82) is 0 Å². The number of anilines is 1. The Morgan fingerprint density at radius 2 is 1.89 bits per heavy atom. The number of methoxy groups -OCH3 is 1. The van der Waals surface area contributed by atoms with Crippen molar-refractivity contribution in [3.63, 3.8) is 0 Å². The van der Waals surface area contributed by atoms with E-state index in [1.165, 1.54) is 6.42 Å². The molecule has 4 atom stereocenters. The van der Waals surface area contributed by atoms with Gasteiger partial charge in [-0.1, -0.05) is 36.4 Å². The summed E-state index contributed by atoms with van der Waals surface area (Å²) in [5, 5.41) is 12.4. The Balaban J connectivity index is 1.31. The molecular formula is C30H35N3O5. The number of nitrogens with zero attached hydrogens (tertiary/aromatic N) is 2. The molecule has 3 aromatic rings. The lowest BCUT2D eigenvalue weighted by Gasteiger charge is -2.38. The SMILES string of the molecule is COC[C@@H]1CCCN1C[C@@H]1C[C@H](c2ccc(CO)cc2)O[C@H](c2ccc(NC(=O)c3cccnc3)cc2)O1. The van der Waals surface area contributed by atoms with Gasteiger partial charge in [-0.25, -0.2) is 0 Å². The van der Waals surface area contributed by atoms with E-state index in [1.54, 1.807) is 31.6 Å². The number of aliphatic hydroxyl groups is 1. The first-order valence-electron chi connectivity index (χ1n) is 13.2. The lowest BCUT2D eigenvalue weighted by atomic mass is 9.99. The molecular weight excluding hydrogens is 482 g/mol. The monoisotopic (exact) mass is 517 g/mol. The Morgan fingerprint density at radius 1 is 1.11 bits per heavy atom. The van der Waals surface area contributed by atoms with Crippen molar-refractivity contribution < 1.29 is 24.1 Å². The highest BCUT2D eigenvalue weighted by Gasteiger charge is 2.35. The summed E-state index contributed by atoms with van der Waals surface area (Å²) in [6.45, 7) is 2.60. The van der Waals surface area contributed by atoms with E-state index in [4.69, 9.17) is 14.2 Å². The van der Waals surface area contributed by atoms with Crippen LogP contribution in [-0.4, -0.2) is 59.8 Å². The summed E-state index contributed by atoms with van der Waals surface area (Å²) in [6, 6.07) is 19.4. The standard InChI is InChI=1S/C30H35N3O5/c1-36-20-26-5-3-15-33(26)18-27-16-28(22-8-6-21(19-34)7-9-22)38-30(37-27)23-10-12-25(13-11-23)32-29(35)24-4-2-14-31-17-24/h2,4,6-14,17,26-28,30,34H,3,5,15-16,18-20H2,1H3,(H,32,35)/t26-,27-,28+,30+/m0/s1. The highest BCUT2D eigenvalue weighted by molar-refractivity contribution is 6.03. The third-order valence-electron chi connectivity index (χ3n) is 7.28. The van der Waals surface area contributed by atoms with E-state index >= 15 is 0 Å². The van der Waals surface area contributed by atoms with Gasteiger partial charge in [0.1, 0.15) is 0 Å². The van der Waals surface area contributed by atoms with Gasteiger partial charge >= 0.3 is 0 Å². The fourth-order valence-electron chi connectivity index (χ4n) is 5.24. The molecule has 3 heterocycles.